The van der Waals surface area contributed by atoms with Crippen LogP contribution < -0.4 is 5.32 Å². The fourth-order valence-corrected chi connectivity index (χ4v) is 4.90. The van der Waals surface area contributed by atoms with Crippen LogP contribution in [0.3, 0.4) is 0 Å². The highest BCUT2D eigenvalue weighted by Crippen LogP contribution is 2.42. The minimum atomic E-state index is -5.24. The summed E-state index contributed by atoms with van der Waals surface area (Å²) in [5.41, 5.74) is 1.11. The maximum absolute atomic E-state index is 13.1. The van der Waals surface area contributed by atoms with E-state index in [1.165, 1.54) is 31.2 Å². The molecule has 0 aromatic heterocycles. The third-order valence-corrected chi connectivity index (χ3v) is 6.69. The predicted molar refractivity (Wildman–Crippen MR) is 147 cm³/mol. The van der Waals surface area contributed by atoms with Crippen LogP contribution in [-0.4, -0.2) is 64.9 Å². The third-order valence-electron chi connectivity index (χ3n) is 6.17. The first-order chi connectivity index (χ1) is 20.1. The summed E-state index contributed by atoms with van der Waals surface area (Å²) < 4.78 is 40.3. The van der Waals surface area contributed by atoms with Crippen LogP contribution in [0.5, 0.6) is 0 Å². The largest absolute Gasteiger partial charge is 0.470 e. The average molecular weight is 600 g/mol. The van der Waals surface area contributed by atoms with E-state index in [0.717, 1.165) is 5.56 Å². The van der Waals surface area contributed by atoms with Gasteiger partial charge in [-0.15, -0.1) is 0 Å². The molecular weight excluding hydrogens is 569 g/mol. The molecule has 0 radical (unpaired) electrons. The topological polar surface area (TPSA) is 167 Å². The van der Waals surface area contributed by atoms with Crippen molar-refractivity contribution in [1.29, 1.82) is 0 Å². The van der Waals surface area contributed by atoms with E-state index in [4.69, 9.17) is 23.5 Å². The summed E-state index contributed by atoms with van der Waals surface area (Å²) in [7, 11) is -5.24. The van der Waals surface area contributed by atoms with E-state index in [2.05, 4.69) is 5.32 Å². The minimum absolute atomic E-state index is 0.00147. The highest BCUT2D eigenvalue weighted by Gasteiger charge is 2.52. The van der Waals surface area contributed by atoms with E-state index in [9.17, 15) is 28.7 Å². The molecule has 5 atom stereocenters. The van der Waals surface area contributed by atoms with Gasteiger partial charge in [0.2, 0.25) is 5.91 Å². The summed E-state index contributed by atoms with van der Waals surface area (Å²) in [6, 6.07) is 23.6. The Kier molecular flexibility index (Phi) is 10.6. The van der Waals surface area contributed by atoms with Crippen LogP contribution in [0, 0.1) is 0 Å². The van der Waals surface area contributed by atoms with E-state index >= 15 is 0 Å². The molecule has 4 rings (SSSR count). The Balaban J connectivity index is 1.68. The van der Waals surface area contributed by atoms with E-state index in [1.807, 2.05) is 6.07 Å². The van der Waals surface area contributed by atoms with Gasteiger partial charge in [-0.2, -0.15) is 0 Å². The minimum Gasteiger partial charge on any atom is -0.459 e. The lowest BCUT2D eigenvalue weighted by Gasteiger charge is -2.45. The lowest BCUT2D eigenvalue weighted by atomic mass is 9.96. The van der Waals surface area contributed by atoms with Crippen molar-refractivity contribution in [2.24, 2.45) is 0 Å². The first-order valence-electron chi connectivity index (χ1n) is 12.9. The van der Waals surface area contributed by atoms with Crippen molar-refractivity contribution in [1.82, 2.24) is 5.32 Å². The van der Waals surface area contributed by atoms with E-state index in [0.29, 0.717) is 0 Å². The van der Waals surface area contributed by atoms with Crippen LogP contribution in [0.15, 0.2) is 91.0 Å². The summed E-state index contributed by atoms with van der Waals surface area (Å²) in [6.07, 6.45) is -5.97. The molecule has 12 nitrogen and oxygen atoms in total. The molecule has 0 unspecified atom stereocenters. The zero-order valence-electron chi connectivity index (χ0n) is 22.5. The van der Waals surface area contributed by atoms with Crippen molar-refractivity contribution in [2.45, 2.75) is 44.2 Å². The summed E-state index contributed by atoms with van der Waals surface area (Å²) in [5, 5.41) is 2.60. The molecule has 1 aliphatic heterocycles. The quantitative estimate of drug-likeness (QED) is 0.219. The van der Waals surface area contributed by atoms with Gasteiger partial charge < -0.3 is 34.1 Å². The molecule has 1 saturated heterocycles. The smallest absolute Gasteiger partial charge is 0.459 e. The summed E-state index contributed by atoms with van der Waals surface area (Å²) in [4.78, 5) is 57.6. The fraction of sp³-hybridized carbons (Fsp3) is 0.276. The Morgan fingerprint density at radius 1 is 0.833 bits per heavy atom. The van der Waals surface area contributed by atoms with Crippen molar-refractivity contribution < 1.29 is 52.2 Å². The number of carbonyl (C=O) groups is 3. The second-order valence-electron chi connectivity index (χ2n) is 9.33. The number of nitrogens with one attached hydrogen (secondary N) is 1. The SMILES string of the molecule is CC(=O)N[C@H]1[C@@H](OCc2ccccc2)O[C@H](COC(=O)c2ccccc2)[C@@H](OP(=O)(O)O)[C@@H]1OC(=O)c1ccccc1. The molecule has 1 aliphatic rings. The number of rotatable bonds is 11. The van der Waals surface area contributed by atoms with E-state index < -0.39 is 62.9 Å². The molecule has 0 bridgehead atoms. The standard InChI is InChI=1S/C29H30NO11P/c1-19(31)30-24-26(40-28(33)22-15-9-4-10-16-22)25(41-42(34,35)36)23(18-37-27(32)21-13-7-3-8-14-21)39-29(24)38-17-20-11-5-2-6-12-20/h2-16,23-26,29H,17-18H2,1H3,(H,30,31)(H2,34,35,36)/t23-,24-,25-,26-,29+/m1/s1. The molecule has 42 heavy (non-hydrogen) atoms. The molecule has 1 amide bonds. The van der Waals surface area contributed by atoms with Gasteiger partial charge in [0.05, 0.1) is 17.7 Å². The highest BCUT2D eigenvalue weighted by molar-refractivity contribution is 7.46. The molecule has 13 heteroatoms. The lowest BCUT2D eigenvalue weighted by molar-refractivity contribution is -0.270. The van der Waals surface area contributed by atoms with E-state index in [1.54, 1.807) is 60.7 Å². The third kappa shape index (κ3) is 8.80. The Bertz CT molecular complexity index is 1380. The zero-order chi connectivity index (χ0) is 30.1. The van der Waals surface area contributed by atoms with Gasteiger partial charge >= 0.3 is 19.8 Å². The maximum Gasteiger partial charge on any atom is 0.470 e. The van der Waals surface area contributed by atoms with Crippen molar-refractivity contribution in [3.8, 4) is 0 Å². The van der Waals surface area contributed by atoms with Crippen LogP contribution in [0.1, 0.15) is 33.2 Å². The number of esters is 2. The summed E-state index contributed by atoms with van der Waals surface area (Å²) >= 11 is 0. The number of ether oxygens (including phenoxy) is 4. The monoisotopic (exact) mass is 599 g/mol. The van der Waals surface area contributed by atoms with Gasteiger partial charge in [0.25, 0.3) is 0 Å². The number of phosphoric acid groups is 1. The van der Waals surface area contributed by atoms with Crippen LogP contribution >= 0.6 is 7.82 Å². The molecular formula is C29H30NO11P. The van der Waals surface area contributed by atoms with Crippen molar-refractivity contribution in [3.05, 3.63) is 108 Å². The van der Waals surface area contributed by atoms with Gasteiger partial charge in [0.15, 0.2) is 12.4 Å². The van der Waals surface area contributed by atoms with Gasteiger partial charge in [-0.05, 0) is 29.8 Å². The molecule has 0 spiro atoms. The molecule has 0 aliphatic carbocycles. The number of phosphoric ester groups is 1. The first-order valence-corrected chi connectivity index (χ1v) is 14.4. The van der Waals surface area contributed by atoms with Gasteiger partial charge in [-0.1, -0.05) is 66.7 Å². The number of hydrogen-bond donors (Lipinski definition) is 3. The second kappa shape index (κ2) is 14.3. The molecule has 3 aromatic rings. The van der Waals surface area contributed by atoms with Crippen LogP contribution in [0.25, 0.3) is 0 Å². The Morgan fingerprint density at radius 3 is 1.93 bits per heavy atom. The molecule has 222 valence electrons. The fourth-order valence-electron chi connectivity index (χ4n) is 4.33. The van der Waals surface area contributed by atoms with Crippen molar-refractivity contribution >= 4 is 25.7 Å². The van der Waals surface area contributed by atoms with Crippen molar-refractivity contribution in [3.63, 3.8) is 0 Å². The maximum atomic E-state index is 13.1. The van der Waals surface area contributed by atoms with Crippen LogP contribution in [0.2, 0.25) is 0 Å². The summed E-state index contributed by atoms with van der Waals surface area (Å²) in [5.74, 6) is -2.17. The highest BCUT2D eigenvalue weighted by atomic mass is 31.2. The van der Waals surface area contributed by atoms with Crippen LogP contribution in [-0.2, 0) is 39.4 Å². The van der Waals surface area contributed by atoms with Crippen LogP contribution in [0.4, 0.5) is 0 Å². The Morgan fingerprint density at radius 2 is 1.38 bits per heavy atom. The Hall–Kier alpha value is -3.90. The number of carbonyl (C=O) groups excluding carboxylic acids is 3. The van der Waals surface area contributed by atoms with Gasteiger partial charge in [-0.3, -0.25) is 9.32 Å². The number of hydrogen-bond acceptors (Lipinski definition) is 9. The zero-order valence-corrected chi connectivity index (χ0v) is 23.4. The second-order valence-corrected chi connectivity index (χ2v) is 10.5. The van der Waals surface area contributed by atoms with Gasteiger partial charge in [0.1, 0.15) is 24.9 Å². The average Bonchev–Trinajstić information content (AvgIpc) is 2.98. The molecule has 3 aromatic carbocycles. The Labute approximate surface area is 241 Å². The summed E-state index contributed by atoms with van der Waals surface area (Å²) in [6.45, 7) is 0.647. The lowest BCUT2D eigenvalue weighted by Crippen LogP contribution is -2.66. The molecule has 1 fully saturated rings. The van der Waals surface area contributed by atoms with Gasteiger partial charge in [0, 0.05) is 6.92 Å². The predicted octanol–water partition coefficient (Wildman–Crippen LogP) is 2.99. The van der Waals surface area contributed by atoms with Gasteiger partial charge in [-0.25, -0.2) is 14.2 Å². The first kappa shape index (κ1) is 31.0. The number of benzene rings is 3. The molecule has 0 saturated carbocycles. The molecule has 1 heterocycles. The van der Waals surface area contributed by atoms with E-state index in [-0.39, 0.29) is 17.7 Å². The van der Waals surface area contributed by atoms with Crippen molar-refractivity contribution in [2.75, 3.05) is 6.61 Å². The molecule has 3 N–H and O–H groups in total. The normalized spacial score (nSPS) is 22.1. The number of amides is 1.